The van der Waals surface area contributed by atoms with E-state index in [1.807, 2.05) is 42.5 Å². The summed E-state index contributed by atoms with van der Waals surface area (Å²) in [6.07, 6.45) is -4.40. The maximum absolute atomic E-state index is 13.7. The minimum atomic E-state index is -4.61. The summed E-state index contributed by atoms with van der Waals surface area (Å²) in [6.45, 7) is -0.320. The van der Waals surface area contributed by atoms with Crippen LogP contribution in [0.3, 0.4) is 0 Å². The van der Waals surface area contributed by atoms with E-state index in [2.05, 4.69) is 5.32 Å². The molecular weight excluding hydrogens is 543 g/mol. The minimum Gasteiger partial charge on any atom is -0.480 e. The third-order valence-electron chi connectivity index (χ3n) is 6.82. The summed E-state index contributed by atoms with van der Waals surface area (Å²) in [7, 11) is 1.44. The summed E-state index contributed by atoms with van der Waals surface area (Å²) >= 11 is 0.990. The standard InChI is InChI=1S/C29H24F3N3O4S/c1-33-24(36)16-34-15-23(28(38)39)35-25(37)14-20(12-18-8-4-7-17-6-2-3-11-22(17)18)26(27(35)40-34)19-9-5-10-21(13-19)29(30,31)32/h2-11,13-14,23H,12,15-16H2,1H3,(H,33,36)(H,38,39). The predicted octanol–water partition coefficient (Wildman–Crippen LogP) is 4.97. The number of carboxylic acids is 1. The lowest BCUT2D eigenvalue weighted by Crippen LogP contribution is -2.44. The van der Waals surface area contributed by atoms with E-state index in [0.29, 0.717) is 11.1 Å². The van der Waals surface area contributed by atoms with Gasteiger partial charge in [0.1, 0.15) is 11.1 Å². The van der Waals surface area contributed by atoms with Crippen LogP contribution in [0.15, 0.2) is 82.6 Å². The summed E-state index contributed by atoms with van der Waals surface area (Å²) in [6, 6.07) is 18.1. The van der Waals surface area contributed by atoms with E-state index >= 15 is 0 Å². The molecule has 11 heteroatoms. The van der Waals surface area contributed by atoms with Gasteiger partial charge in [0.15, 0.2) is 0 Å². The first kappa shape index (κ1) is 27.5. The lowest BCUT2D eigenvalue weighted by atomic mass is 9.93. The molecule has 2 heterocycles. The molecule has 7 nitrogen and oxygen atoms in total. The molecule has 0 aliphatic carbocycles. The molecule has 1 aliphatic heterocycles. The quantitative estimate of drug-likeness (QED) is 0.320. The van der Waals surface area contributed by atoms with Crippen molar-refractivity contribution in [1.82, 2.24) is 14.2 Å². The number of rotatable bonds is 6. The topological polar surface area (TPSA) is 91.6 Å². The summed E-state index contributed by atoms with van der Waals surface area (Å²) in [5, 5.41) is 14.6. The number of amides is 1. The number of likely N-dealkylation sites (N-methyl/N-ethyl adjacent to an activating group) is 1. The van der Waals surface area contributed by atoms with E-state index in [4.69, 9.17) is 0 Å². The fourth-order valence-electron chi connectivity index (χ4n) is 4.94. The van der Waals surface area contributed by atoms with Gasteiger partial charge in [-0.15, -0.1) is 0 Å². The van der Waals surface area contributed by atoms with Crippen molar-refractivity contribution in [2.24, 2.45) is 0 Å². The van der Waals surface area contributed by atoms with Gasteiger partial charge in [0.2, 0.25) is 5.91 Å². The number of carbonyl (C=O) groups is 2. The zero-order valence-electron chi connectivity index (χ0n) is 21.2. The Morgan fingerprint density at radius 1 is 1.02 bits per heavy atom. The number of carboxylic acid groups (broad SMARTS) is 1. The van der Waals surface area contributed by atoms with E-state index in [9.17, 15) is 32.7 Å². The van der Waals surface area contributed by atoms with Crippen molar-refractivity contribution in [3.63, 3.8) is 0 Å². The van der Waals surface area contributed by atoms with E-state index in [1.165, 1.54) is 29.6 Å². The average molecular weight is 568 g/mol. The van der Waals surface area contributed by atoms with Gasteiger partial charge in [-0.05, 0) is 58.0 Å². The molecule has 0 radical (unpaired) electrons. The number of fused-ring (bicyclic) bond motifs is 2. The molecule has 1 atom stereocenters. The number of pyridine rings is 1. The Bertz CT molecular complexity index is 1680. The Kier molecular flexibility index (Phi) is 7.43. The van der Waals surface area contributed by atoms with Crippen LogP contribution in [0.25, 0.3) is 21.9 Å². The van der Waals surface area contributed by atoms with Gasteiger partial charge < -0.3 is 10.4 Å². The molecular formula is C29H24F3N3O4S. The van der Waals surface area contributed by atoms with Crippen LogP contribution < -0.4 is 10.9 Å². The van der Waals surface area contributed by atoms with Crippen molar-refractivity contribution in [1.29, 1.82) is 0 Å². The Labute approximate surface area is 231 Å². The SMILES string of the molecule is CNC(=O)CN1CC(C(=O)O)n2c(c(-c3cccc(C(F)(F)F)c3)c(Cc3cccc4ccccc34)cc2=O)S1. The first-order valence-corrected chi connectivity index (χ1v) is 13.1. The lowest BCUT2D eigenvalue weighted by Gasteiger charge is -2.34. The van der Waals surface area contributed by atoms with Gasteiger partial charge in [0, 0.05) is 25.2 Å². The van der Waals surface area contributed by atoms with Crippen molar-refractivity contribution >= 4 is 34.6 Å². The summed E-state index contributed by atoms with van der Waals surface area (Å²) in [4.78, 5) is 37.9. The third-order valence-corrected chi connectivity index (χ3v) is 7.93. The van der Waals surface area contributed by atoms with Crippen molar-refractivity contribution in [2.75, 3.05) is 20.1 Å². The van der Waals surface area contributed by atoms with Crippen LogP contribution in [-0.4, -0.2) is 46.0 Å². The van der Waals surface area contributed by atoms with Crippen LogP contribution in [-0.2, 0) is 22.2 Å². The van der Waals surface area contributed by atoms with E-state index < -0.39 is 29.3 Å². The van der Waals surface area contributed by atoms with Crippen LogP contribution in [0.5, 0.6) is 0 Å². The number of nitrogens with one attached hydrogen (secondary N) is 1. The van der Waals surface area contributed by atoms with E-state index in [0.717, 1.165) is 45.0 Å². The summed E-state index contributed by atoms with van der Waals surface area (Å²) in [5.41, 5.74) is 0.354. The number of hydrogen-bond donors (Lipinski definition) is 2. The smallest absolute Gasteiger partial charge is 0.416 e. The molecule has 0 fully saturated rings. The van der Waals surface area contributed by atoms with Gasteiger partial charge in [-0.2, -0.15) is 13.2 Å². The van der Waals surface area contributed by atoms with Crippen molar-refractivity contribution in [3.8, 4) is 11.1 Å². The molecule has 1 aromatic heterocycles. The number of alkyl halides is 3. The monoisotopic (exact) mass is 567 g/mol. The van der Waals surface area contributed by atoms with Crippen molar-refractivity contribution in [2.45, 2.75) is 23.7 Å². The van der Waals surface area contributed by atoms with Gasteiger partial charge in [-0.1, -0.05) is 54.6 Å². The highest BCUT2D eigenvalue weighted by molar-refractivity contribution is 7.97. The molecule has 0 saturated heterocycles. The summed E-state index contributed by atoms with van der Waals surface area (Å²) < 4.78 is 43.8. The van der Waals surface area contributed by atoms with Crippen LogP contribution >= 0.6 is 11.9 Å². The van der Waals surface area contributed by atoms with Gasteiger partial charge >= 0.3 is 12.1 Å². The Hall–Kier alpha value is -4.09. The highest BCUT2D eigenvalue weighted by atomic mass is 32.2. The molecule has 5 rings (SSSR count). The molecule has 4 aromatic rings. The molecule has 0 saturated carbocycles. The zero-order valence-corrected chi connectivity index (χ0v) is 22.1. The van der Waals surface area contributed by atoms with Crippen LogP contribution in [0.2, 0.25) is 0 Å². The van der Waals surface area contributed by atoms with Crippen molar-refractivity contribution < 1.29 is 27.9 Å². The number of halogens is 3. The molecule has 206 valence electrons. The highest BCUT2D eigenvalue weighted by Crippen LogP contribution is 2.42. The molecule has 1 amide bonds. The van der Waals surface area contributed by atoms with Crippen LogP contribution in [0.1, 0.15) is 22.7 Å². The van der Waals surface area contributed by atoms with Gasteiger partial charge in [0.25, 0.3) is 5.56 Å². The first-order chi connectivity index (χ1) is 19.1. The lowest BCUT2D eigenvalue weighted by molar-refractivity contribution is -0.142. The molecule has 0 bridgehead atoms. The Balaban J connectivity index is 1.77. The first-order valence-electron chi connectivity index (χ1n) is 12.4. The molecule has 3 aromatic carbocycles. The second-order valence-corrected chi connectivity index (χ2v) is 10.5. The maximum atomic E-state index is 13.7. The predicted molar refractivity (Wildman–Crippen MR) is 146 cm³/mol. The fraction of sp³-hybridized carbons (Fsp3) is 0.207. The highest BCUT2D eigenvalue weighted by Gasteiger charge is 2.36. The molecule has 40 heavy (non-hydrogen) atoms. The van der Waals surface area contributed by atoms with E-state index in [1.54, 1.807) is 0 Å². The zero-order chi connectivity index (χ0) is 28.6. The average Bonchev–Trinajstić information content (AvgIpc) is 2.92. The van der Waals surface area contributed by atoms with E-state index in [-0.39, 0.29) is 36.0 Å². The van der Waals surface area contributed by atoms with Crippen LogP contribution in [0, 0.1) is 0 Å². The summed E-state index contributed by atoms with van der Waals surface area (Å²) in [5.74, 6) is -1.66. The molecule has 1 unspecified atom stereocenters. The van der Waals surface area contributed by atoms with Crippen LogP contribution in [0.4, 0.5) is 13.2 Å². The second-order valence-electron chi connectivity index (χ2n) is 9.39. The molecule has 1 aliphatic rings. The fourth-order valence-corrected chi connectivity index (χ4v) is 6.23. The molecule has 2 N–H and O–H groups in total. The molecule has 0 spiro atoms. The number of hydrogen-bond acceptors (Lipinski definition) is 5. The van der Waals surface area contributed by atoms with Gasteiger partial charge in [-0.3, -0.25) is 14.2 Å². The minimum absolute atomic E-state index is 0.148. The van der Waals surface area contributed by atoms with Gasteiger partial charge in [-0.25, -0.2) is 9.10 Å². The number of carbonyl (C=O) groups excluding carboxylic acids is 1. The Morgan fingerprint density at radius 2 is 1.75 bits per heavy atom. The second kappa shape index (κ2) is 10.8. The number of aromatic nitrogens is 1. The number of nitrogens with zero attached hydrogens (tertiary/aromatic N) is 2. The normalized spacial score (nSPS) is 15.6. The van der Waals surface area contributed by atoms with Crippen molar-refractivity contribution in [3.05, 3.63) is 99.8 Å². The number of aliphatic carboxylic acids is 1. The third kappa shape index (κ3) is 5.34. The number of benzene rings is 3. The van der Waals surface area contributed by atoms with Gasteiger partial charge in [0.05, 0.1) is 12.1 Å². The largest absolute Gasteiger partial charge is 0.480 e. The Morgan fingerprint density at radius 3 is 2.48 bits per heavy atom. The maximum Gasteiger partial charge on any atom is 0.416 e.